The van der Waals surface area contributed by atoms with Gasteiger partial charge in [-0.05, 0) is 36.4 Å². The molecule has 6 heteroatoms. The monoisotopic (exact) mass is 323 g/mol. The van der Waals surface area contributed by atoms with Crippen molar-refractivity contribution in [2.24, 2.45) is 0 Å². The molecule has 0 aliphatic heterocycles. The van der Waals surface area contributed by atoms with Crippen LogP contribution in [-0.2, 0) is 11.3 Å². The van der Waals surface area contributed by atoms with Gasteiger partial charge in [0, 0.05) is 17.5 Å². The minimum absolute atomic E-state index is 0.121. The predicted octanol–water partition coefficient (Wildman–Crippen LogP) is 2.43. The average molecular weight is 323 g/mol. The quantitative estimate of drug-likeness (QED) is 0.782. The summed E-state index contributed by atoms with van der Waals surface area (Å²) in [5, 5.41) is 7.54. The zero-order chi connectivity index (χ0) is 16.9. The number of carbonyl (C=O) groups is 1. The second-order valence-corrected chi connectivity index (χ2v) is 5.28. The van der Waals surface area contributed by atoms with Gasteiger partial charge in [-0.25, -0.2) is 0 Å². The minimum Gasteiger partial charge on any atom is -0.497 e. The number of para-hydroxylation sites is 1. The molecular formula is C18H17N3O3. The molecule has 3 aromatic rings. The summed E-state index contributed by atoms with van der Waals surface area (Å²) in [6.45, 7) is 0.392. The normalized spacial score (nSPS) is 10.5. The van der Waals surface area contributed by atoms with E-state index in [9.17, 15) is 9.59 Å². The predicted molar refractivity (Wildman–Crippen MR) is 92.2 cm³/mol. The van der Waals surface area contributed by atoms with Crippen LogP contribution in [0.15, 0.2) is 59.5 Å². The van der Waals surface area contributed by atoms with Crippen molar-refractivity contribution in [3.63, 3.8) is 0 Å². The maximum Gasteiger partial charge on any atom is 0.226 e. The van der Waals surface area contributed by atoms with E-state index < -0.39 is 0 Å². The third kappa shape index (κ3) is 3.43. The van der Waals surface area contributed by atoms with Gasteiger partial charge in [0.2, 0.25) is 11.3 Å². The van der Waals surface area contributed by atoms with Crippen LogP contribution in [0, 0.1) is 0 Å². The molecule has 0 fully saturated rings. The average Bonchev–Trinajstić information content (AvgIpc) is 2.62. The van der Waals surface area contributed by atoms with Gasteiger partial charge in [-0.3, -0.25) is 14.3 Å². The van der Waals surface area contributed by atoms with Crippen molar-refractivity contribution < 1.29 is 9.53 Å². The highest BCUT2D eigenvalue weighted by atomic mass is 16.5. The summed E-state index contributed by atoms with van der Waals surface area (Å²) in [5.74, 6) is 0.613. The van der Waals surface area contributed by atoms with Gasteiger partial charge in [0.15, 0.2) is 0 Å². The number of amides is 1. The third-order valence-electron chi connectivity index (χ3n) is 3.69. The van der Waals surface area contributed by atoms with Crippen LogP contribution in [0.1, 0.15) is 6.42 Å². The Kier molecular flexibility index (Phi) is 4.56. The fraction of sp³-hybridized carbons (Fsp3) is 0.167. The van der Waals surface area contributed by atoms with E-state index in [1.54, 1.807) is 42.1 Å². The molecule has 2 aromatic carbocycles. The number of rotatable bonds is 5. The number of aromatic nitrogens is 2. The van der Waals surface area contributed by atoms with Crippen molar-refractivity contribution in [2.45, 2.75) is 13.0 Å². The molecule has 0 radical (unpaired) electrons. The van der Waals surface area contributed by atoms with Crippen LogP contribution < -0.4 is 15.5 Å². The smallest absolute Gasteiger partial charge is 0.226 e. The number of methoxy groups -OCH3 is 1. The molecule has 0 spiro atoms. The highest BCUT2D eigenvalue weighted by molar-refractivity contribution is 5.90. The molecule has 3 rings (SSSR count). The summed E-state index contributed by atoms with van der Waals surface area (Å²) < 4.78 is 6.75. The molecule has 1 aromatic heterocycles. The van der Waals surface area contributed by atoms with E-state index in [-0.39, 0.29) is 17.8 Å². The number of nitrogens with one attached hydrogen (secondary N) is 1. The van der Waals surface area contributed by atoms with Crippen molar-refractivity contribution in [1.82, 2.24) is 9.78 Å². The molecule has 0 aliphatic rings. The molecule has 6 nitrogen and oxygen atoms in total. The van der Waals surface area contributed by atoms with E-state index in [1.807, 2.05) is 18.2 Å². The van der Waals surface area contributed by atoms with Crippen molar-refractivity contribution in [2.75, 3.05) is 12.4 Å². The topological polar surface area (TPSA) is 73.2 Å². The van der Waals surface area contributed by atoms with Crippen LogP contribution in [0.5, 0.6) is 5.75 Å². The first kappa shape index (κ1) is 15.7. The van der Waals surface area contributed by atoms with E-state index in [2.05, 4.69) is 10.4 Å². The molecular weight excluding hydrogens is 306 g/mol. The fourth-order valence-electron chi connectivity index (χ4n) is 2.44. The van der Waals surface area contributed by atoms with Gasteiger partial charge in [0.25, 0.3) is 0 Å². The Hall–Kier alpha value is -3.15. The Bertz CT molecular complexity index is 917. The molecule has 0 atom stereocenters. The summed E-state index contributed by atoms with van der Waals surface area (Å²) in [4.78, 5) is 23.9. The highest BCUT2D eigenvalue weighted by Gasteiger charge is 2.07. The van der Waals surface area contributed by atoms with Gasteiger partial charge in [-0.1, -0.05) is 12.1 Å². The highest BCUT2D eigenvalue weighted by Crippen LogP contribution is 2.15. The summed E-state index contributed by atoms with van der Waals surface area (Å²) >= 11 is 0. The zero-order valence-electron chi connectivity index (χ0n) is 13.2. The fourth-order valence-corrected chi connectivity index (χ4v) is 2.44. The molecule has 122 valence electrons. The van der Waals surface area contributed by atoms with Crippen LogP contribution in [0.25, 0.3) is 10.9 Å². The van der Waals surface area contributed by atoms with E-state index >= 15 is 0 Å². The van der Waals surface area contributed by atoms with Crippen molar-refractivity contribution >= 4 is 22.5 Å². The molecule has 24 heavy (non-hydrogen) atoms. The van der Waals surface area contributed by atoms with E-state index in [1.165, 1.54) is 6.20 Å². The first-order chi connectivity index (χ1) is 11.7. The molecule has 0 unspecified atom stereocenters. The Morgan fingerprint density at radius 2 is 1.92 bits per heavy atom. The maximum absolute atomic E-state index is 12.1. The lowest BCUT2D eigenvalue weighted by atomic mass is 10.2. The SMILES string of the molecule is COc1ccc(NC(=O)CCn2ncc(=O)c3ccccc32)cc1. The number of nitrogens with zero attached hydrogens (tertiary/aromatic N) is 2. The standard InChI is InChI=1S/C18H17N3O3/c1-24-14-8-6-13(7-9-14)20-18(23)10-11-21-16-5-3-2-4-15(16)17(22)12-19-21/h2-9,12H,10-11H2,1H3,(H,20,23). The van der Waals surface area contributed by atoms with Gasteiger partial charge in [-0.2, -0.15) is 5.10 Å². The number of aryl methyl sites for hydroxylation is 1. The first-order valence-corrected chi connectivity index (χ1v) is 7.56. The molecule has 0 saturated heterocycles. The van der Waals surface area contributed by atoms with E-state index in [0.29, 0.717) is 17.6 Å². The lowest BCUT2D eigenvalue weighted by Crippen LogP contribution is -2.18. The second-order valence-electron chi connectivity index (χ2n) is 5.28. The largest absolute Gasteiger partial charge is 0.497 e. The molecule has 1 heterocycles. The van der Waals surface area contributed by atoms with E-state index in [4.69, 9.17) is 4.74 Å². The molecule has 0 bridgehead atoms. The summed E-state index contributed by atoms with van der Waals surface area (Å²) in [5.41, 5.74) is 1.31. The summed E-state index contributed by atoms with van der Waals surface area (Å²) in [6, 6.07) is 14.4. The van der Waals surface area contributed by atoms with Crippen LogP contribution in [-0.4, -0.2) is 22.8 Å². The Labute approximate surface area is 138 Å². The third-order valence-corrected chi connectivity index (χ3v) is 3.69. The van der Waals surface area contributed by atoms with Crippen LogP contribution >= 0.6 is 0 Å². The summed E-state index contributed by atoms with van der Waals surface area (Å²) in [7, 11) is 1.59. The van der Waals surface area contributed by atoms with Crippen molar-refractivity contribution in [1.29, 1.82) is 0 Å². The van der Waals surface area contributed by atoms with Crippen LogP contribution in [0.4, 0.5) is 5.69 Å². The van der Waals surface area contributed by atoms with Crippen LogP contribution in [0.3, 0.4) is 0 Å². The Morgan fingerprint density at radius 3 is 2.67 bits per heavy atom. The Morgan fingerprint density at radius 1 is 1.17 bits per heavy atom. The van der Waals surface area contributed by atoms with Crippen molar-refractivity contribution in [3.05, 3.63) is 65.0 Å². The number of anilines is 1. The van der Waals surface area contributed by atoms with Gasteiger partial charge < -0.3 is 10.1 Å². The van der Waals surface area contributed by atoms with Crippen molar-refractivity contribution in [3.8, 4) is 5.75 Å². The van der Waals surface area contributed by atoms with E-state index in [0.717, 1.165) is 11.3 Å². The number of hydrogen-bond donors (Lipinski definition) is 1. The number of hydrogen-bond acceptors (Lipinski definition) is 4. The van der Waals surface area contributed by atoms with Crippen LogP contribution in [0.2, 0.25) is 0 Å². The number of fused-ring (bicyclic) bond motifs is 1. The molecule has 1 amide bonds. The van der Waals surface area contributed by atoms with Gasteiger partial charge in [0.1, 0.15) is 5.75 Å². The Balaban J connectivity index is 1.68. The minimum atomic E-state index is -0.121. The lowest BCUT2D eigenvalue weighted by molar-refractivity contribution is -0.116. The van der Waals surface area contributed by atoms with Gasteiger partial charge in [0.05, 0.1) is 25.4 Å². The second kappa shape index (κ2) is 6.95. The number of ether oxygens (including phenoxy) is 1. The number of carbonyl (C=O) groups excluding carboxylic acids is 1. The lowest BCUT2D eigenvalue weighted by Gasteiger charge is -2.10. The summed E-state index contributed by atoms with van der Waals surface area (Å²) in [6.07, 6.45) is 1.54. The van der Waals surface area contributed by atoms with Gasteiger partial charge >= 0.3 is 0 Å². The van der Waals surface area contributed by atoms with Gasteiger partial charge in [-0.15, -0.1) is 0 Å². The number of benzene rings is 2. The molecule has 0 aliphatic carbocycles. The maximum atomic E-state index is 12.1. The zero-order valence-corrected chi connectivity index (χ0v) is 13.2. The molecule has 1 N–H and O–H groups in total. The molecule has 0 saturated carbocycles. The first-order valence-electron chi connectivity index (χ1n) is 7.56.